The first-order valence-electron chi connectivity index (χ1n) is 10.6. The third-order valence-electron chi connectivity index (χ3n) is 6.12. The molecule has 9 heteroatoms. The fourth-order valence-corrected chi connectivity index (χ4v) is 4.39. The van der Waals surface area contributed by atoms with E-state index in [0.717, 1.165) is 27.8 Å². The second-order valence-corrected chi connectivity index (χ2v) is 8.27. The van der Waals surface area contributed by atoms with Gasteiger partial charge in [0.25, 0.3) is 5.56 Å². The van der Waals surface area contributed by atoms with Gasteiger partial charge in [0.15, 0.2) is 0 Å². The van der Waals surface area contributed by atoms with E-state index in [1.807, 2.05) is 25.1 Å². The van der Waals surface area contributed by atoms with E-state index in [9.17, 15) is 14.0 Å². The zero-order chi connectivity index (χ0) is 23.3. The van der Waals surface area contributed by atoms with Crippen molar-refractivity contribution >= 4 is 17.1 Å². The number of hydrogen-bond acceptors (Lipinski definition) is 5. The third-order valence-corrected chi connectivity index (χ3v) is 6.12. The first-order valence-corrected chi connectivity index (χ1v) is 10.6. The molecule has 168 valence electrons. The van der Waals surface area contributed by atoms with Gasteiger partial charge in [-0.2, -0.15) is 14.9 Å². The summed E-state index contributed by atoms with van der Waals surface area (Å²) in [7, 11) is 1.37. The average molecular weight is 447 g/mol. The summed E-state index contributed by atoms with van der Waals surface area (Å²) in [5, 5.41) is 11.7. The molecular weight excluding hydrogens is 425 g/mol. The van der Waals surface area contributed by atoms with Crippen LogP contribution in [0, 0.1) is 12.7 Å². The highest BCUT2D eigenvalue weighted by atomic mass is 19.1. The standard InChI is InChI=1S/C24H22FN5O3/c1-13-5-4-6-18(25)23(13)30-20(31)11-19-22(28-30)21(27-26-19)16-8-7-15-9-14(2)29(24(32)33-3)12-17(15)10-16/h4-8,10-11,14,26H,9,12H2,1-3H3/t14-/m1/s1. The molecule has 1 aliphatic rings. The lowest BCUT2D eigenvalue weighted by atomic mass is 9.92. The van der Waals surface area contributed by atoms with E-state index < -0.39 is 11.4 Å². The number of H-pyrrole nitrogens is 1. The quantitative estimate of drug-likeness (QED) is 0.505. The molecule has 0 aliphatic carbocycles. The number of amides is 1. The molecule has 2 aromatic heterocycles. The van der Waals surface area contributed by atoms with E-state index in [4.69, 9.17) is 4.74 Å². The number of carbonyl (C=O) groups is 1. The first kappa shape index (κ1) is 20.9. The first-order chi connectivity index (χ1) is 15.9. The van der Waals surface area contributed by atoms with Gasteiger partial charge in [-0.15, -0.1) is 0 Å². The lowest BCUT2D eigenvalue weighted by molar-refractivity contribution is 0.100. The number of para-hydroxylation sites is 1. The summed E-state index contributed by atoms with van der Waals surface area (Å²) < 4.78 is 20.5. The maximum atomic E-state index is 14.6. The molecule has 0 fully saturated rings. The highest BCUT2D eigenvalue weighted by molar-refractivity contribution is 5.89. The monoisotopic (exact) mass is 447 g/mol. The molecule has 3 heterocycles. The number of nitrogens with zero attached hydrogens (tertiary/aromatic N) is 4. The van der Waals surface area contributed by atoms with Gasteiger partial charge in [-0.1, -0.05) is 24.3 Å². The molecule has 0 saturated carbocycles. The third kappa shape index (κ3) is 3.45. The van der Waals surface area contributed by atoms with Crippen LogP contribution in [0.4, 0.5) is 9.18 Å². The minimum Gasteiger partial charge on any atom is -0.453 e. The summed E-state index contributed by atoms with van der Waals surface area (Å²) in [6, 6.07) is 11.9. The Morgan fingerprint density at radius 3 is 2.79 bits per heavy atom. The molecule has 4 aromatic rings. The van der Waals surface area contributed by atoms with Gasteiger partial charge in [0.2, 0.25) is 0 Å². The van der Waals surface area contributed by atoms with E-state index >= 15 is 0 Å². The van der Waals surface area contributed by atoms with Crippen LogP contribution < -0.4 is 5.56 Å². The van der Waals surface area contributed by atoms with Gasteiger partial charge < -0.3 is 9.64 Å². The van der Waals surface area contributed by atoms with Gasteiger partial charge >= 0.3 is 6.09 Å². The Kier molecular flexibility index (Phi) is 4.96. The summed E-state index contributed by atoms with van der Waals surface area (Å²) in [5.74, 6) is -0.528. The Labute approximate surface area is 188 Å². The number of hydrogen-bond donors (Lipinski definition) is 1. The van der Waals surface area contributed by atoms with Crippen LogP contribution in [0.2, 0.25) is 0 Å². The van der Waals surface area contributed by atoms with Crippen LogP contribution in [0.5, 0.6) is 0 Å². The van der Waals surface area contributed by atoms with Gasteiger partial charge in [0.1, 0.15) is 22.7 Å². The number of methoxy groups -OCH3 is 1. The number of benzene rings is 2. The van der Waals surface area contributed by atoms with Crippen LogP contribution in [-0.2, 0) is 17.7 Å². The van der Waals surface area contributed by atoms with Crippen LogP contribution in [-0.4, -0.2) is 44.1 Å². The van der Waals surface area contributed by atoms with Crippen molar-refractivity contribution in [3.8, 4) is 16.9 Å². The van der Waals surface area contributed by atoms with E-state index in [1.54, 1.807) is 24.0 Å². The van der Waals surface area contributed by atoms with Crippen molar-refractivity contribution in [1.82, 2.24) is 24.9 Å². The van der Waals surface area contributed by atoms with E-state index in [-0.39, 0.29) is 17.8 Å². The van der Waals surface area contributed by atoms with Crippen LogP contribution in [0.15, 0.2) is 47.3 Å². The van der Waals surface area contributed by atoms with Crippen LogP contribution in [0.1, 0.15) is 23.6 Å². The smallest absolute Gasteiger partial charge is 0.410 e. The maximum absolute atomic E-state index is 14.6. The Balaban J connectivity index is 1.62. The van der Waals surface area contributed by atoms with Crippen molar-refractivity contribution < 1.29 is 13.9 Å². The number of rotatable bonds is 2. The fourth-order valence-electron chi connectivity index (χ4n) is 4.39. The number of nitrogens with one attached hydrogen (secondary N) is 1. The van der Waals surface area contributed by atoms with Gasteiger partial charge in [-0.05, 0) is 49.1 Å². The summed E-state index contributed by atoms with van der Waals surface area (Å²) in [6.07, 6.45) is 0.353. The average Bonchev–Trinajstić information content (AvgIpc) is 3.20. The number of aryl methyl sites for hydroxylation is 1. The molecule has 1 atom stereocenters. The number of fused-ring (bicyclic) bond motifs is 2. The molecule has 33 heavy (non-hydrogen) atoms. The lowest BCUT2D eigenvalue weighted by Gasteiger charge is -2.33. The van der Waals surface area contributed by atoms with Crippen LogP contribution in [0.3, 0.4) is 0 Å². The highest BCUT2D eigenvalue weighted by Gasteiger charge is 2.28. The maximum Gasteiger partial charge on any atom is 0.410 e. The van der Waals surface area contributed by atoms with Gasteiger partial charge in [0.05, 0.1) is 12.6 Å². The molecule has 1 amide bonds. The lowest BCUT2D eigenvalue weighted by Crippen LogP contribution is -2.42. The molecule has 8 nitrogen and oxygen atoms in total. The Morgan fingerprint density at radius 1 is 1.21 bits per heavy atom. The molecule has 0 saturated heterocycles. The Morgan fingerprint density at radius 2 is 2.03 bits per heavy atom. The molecule has 0 unspecified atom stereocenters. The summed E-state index contributed by atoms with van der Waals surface area (Å²) in [5.41, 5.74) is 4.63. The molecule has 1 aliphatic heterocycles. The van der Waals surface area contributed by atoms with Crippen molar-refractivity contribution in [3.63, 3.8) is 0 Å². The van der Waals surface area contributed by atoms with Crippen molar-refractivity contribution in [2.45, 2.75) is 32.9 Å². The van der Waals surface area contributed by atoms with Gasteiger partial charge in [-0.3, -0.25) is 9.89 Å². The van der Waals surface area contributed by atoms with Gasteiger partial charge in [-0.25, -0.2) is 9.18 Å². The predicted molar refractivity (Wildman–Crippen MR) is 121 cm³/mol. The predicted octanol–water partition coefficient (Wildman–Crippen LogP) is 3.74. The molecule has 0 radical (unpaired) electrons. The topological polar surface area (TPSA) is 93.1 Å². The fraction of sp³-hybridized carbons (Fsp3) is 0.250. The summed E-state index contributed by atoms with van der Waals surface area (Å²) in [4.78, 5) is 26.5. The second-order valence-electron chi connectivity index (χ2n) is 8.27. The zero-order valence-corrected chi connectivity index (χ0v) is 18.4. The van der Waals surface area contributed by atoms with Crippen molar-refractivity contribution in [3.05, 3.63) is 75.3 Å². The summed E-state index contributed by atoms with van der Waals surface area (Å²) >= 11 is 0. The molecule has 0 bridgehead atoms. The summed E-state index contributed by atoms with van der Waals surface area (Å²) in [6.45, 7) is 4.14. The Bertz CT molecular complexity index is 1440. The van der Waals surface area contributed by atoms with Gasteiger partial charge in [0, 0.05) is 24.2 Å². The molecular formula is C24H22FN5O3. The van der Waals surface area contributed by atoms with Crippen molar-refractivity contribution in [2.75, 3.05) is 7.11 Å². The van der Waals surface area contributed by atoms with E-state index in [2.05, 4.69) is 15.3 Å². The van der Waals surface area contributed by atoms with Crippen molar-refractivity contribution in [1.29, 1.82) is 0 Å². The normalized spacial score (nSPS) is 15.5. The largest absolute Gasteiger partial charge is 0.453 e. The van der Waals surface area contributed by atoms with Crippen LogP contribution in [0.25, 0.3) is 28.0 Å². The SMILES string of the molecule is COC(=O)N1Cc2cc(-c3n[nH]c4cc(=O)n(-c5c(C)cccc5F)nc34)ccc2C[C@H]1C. The number of ether oxygens (including phenoxy) is 1. The minimum atomic E-state index is -0.528. The number of aromatic amines is 1. The van der Waals surface area contributed by atoms with E-state index in [1.165, 1.54) is 19.2 Å². The molecule has 5 rings (SSSR count). The molecule has 1 N–H and O–H groups in total. The Hall–Kier alpha value is -4.01. The van der Waals surface area contributed by atoms with Crippen molar-refractivity contribution in [2.24, 2.45) is 0 Å². The second kappa shape index (κ2) is 7.84. The molecule has 2 aromatic carbocycles. The van der Waals surface area contributed by atoms with E-state index in [0.29, 0.717) is 28.8 Å². The minimum absolute atomic E-state index is 0.0297. The molecule has 0 spiro atoms. The number of aromatic nitrogens is 4. The number of carbonyl (C=O) groups excluding carboxylic acids is 1. The highest BCUT2D eigenvalue weighted by Crippen LogP contribution is 2.30. The zero-order valence-electron chi connectivity index (χ0n) is 18.4. The number of halogens is 1. The van der Waals surface area contributed by atoms with Crippen LogP contribution >= 0.6 is 0 Å².